The van der Waals surface area contributed by atoms with Crippen LogP contribution in [-0.4, -0.2) is 18.2 Å². The van der Waals surface area contributed by atoms with Crippen LogP contribution in [0.4, 0.5) is 0 Å². The Labute approximate surface area is 118 Å². The van der Waals surface area contributed by atoms with Gasteiger partial charge in [0.05, 0.1) is 0 Å². The summed E-state index contributed by atoms with van der Waals surface area (Å²) in [5.74, 6) is 1.52. The first-order chi connectivity index (χ1) is 8.81. The lowest BCUT2D eigenvalue weighted by Gasteiger charge is -2.25. The summed E-state index contributed by atoms with van der Waals surface area (Å²) >= 11 is 0. The second-order valence-corrected chi connectivity index (χ2v) is 6.51. The Bertz CT molecular complexity index is 379. The standard InChI is InChI=1S/C17H29NO/c1-7-15(12-18-17(4,5)6)19-16-10-8-9-14(11-16)13(2)3/h8-11,13,15,18H,7,12H2,1-6H3. The third-order valence-corrected chi connectivity index (χ3v) is 3.14. The van der Waals surface area contributed by atoms with Gasteiger partial charge in [-0.1, -0.05) is 32.9 Å². The van der Waals surface area contributed by atoms with Gasteiger partial charge in [0.2, 0.25) is 0 Å². The lowest BCUT2D eigenvalue weighted by molar-refractivity contribution is 0.181. The van der Waals surface area contributed by atoms with Crippen molar-refractivity contribution in [3.63, 3.8) is 0 Å². The van der Waals surface area contributed by atoms with E-state index in [0.717, 1.165) is 18.7 Å². The third kappa shape index (κ3) is 6.11. The van der Waals surface area contributed by atoms with Crippen LogP contribution in [-0.2, 0) is 0 Å². The molecule has 19 heavy (non-hydrogen) atoms. The lowest BCUT2D eigenvalue weighted by Crippen LogP contribution is -2.42. The van der Waals surface area contributed by atoms with Gasteiger partial charge in [0.25, 0.3) is 0 Å². The maximum atomic E-state index is 6.09. The second-order valence-electron chi connectivity index (χ2n) is 6.51. The summed E-state index contributed by atoms with van der Waals surface area (Å²) in [6.45, 7) is 14.0. The molecule has 1 atom stereocenters. The molecule has 0 fully saturated rings. The van der Waals surface area contributed by atoms with Crippen molar-refractivity contribution in [3.05, 3.63) is 29.8 Å². The van der Waals surface area contributed by atoms with Crippen LogP contribution in [0.3, 0.4) is 0 Å². The molecule has 0 aromatic heterocycles. The molecule has 0 aliphatic carbocycles. The second kappa shape index (κ2) is 6.95. The molecule has 2 nitrogen and oxygen atoms in total. The summed E-state index contributed by atoms with van der Waals surface area (Å²) in [5, 5.41) is 3.51. The van der Waals surface area contributed by atoms with Gasteiger partial charge in [0.15, 0.2) is 0 Å². The van der Waals surface area contributed by atoms with Gasteiger partial charge in [-0.15, -0.1) is 0 Å². The molecule has 0 bridgehead atoms. The molecule has 0 saturated carbocycles. The first-order valence-corrected chi connectivity index (χ1v) is 7.33. The molecule has 0 amide bonds. The number of rotatable bonds is 6. The van der Waals surface area contributed by atoms with Crippen molar-refractivity contribution in [1.29, 1.82) is 0 Å². The summed E-state index contributed by atoms with van der Waals surface area (Å²) in [6.07, 6.45) is 1.23. The molecule has 0 aliphatic heterocycles. The number of benzene rings is 1. The minimum atomic E-state index is 0.135. The Balaban J connectivity index is 2.62. The van der Waals surface area contributed by atoms with Gasteiger partial charge in [-0.05, 0) is 50.8 Å². The smallest absolute Gasteiger partial charge is 0.120 e. The van der Waals surface area contributed by atoms with E-state index in [0.29, 0.717) is 5.92 Å². The van der Waals surface area contributed by atoms with Crippen LogP contribution >= 0.6 is 0 Å². The molecule has 108 valence electrons. The SMILES string of the molecule is CCC(CNC(C)(C)C)Oc1cccc(C(C)C)c1. The van der Waals surface area contributed by atoms with Gasteiger partial charge in [-0.2, -0.15) is 0 Å². The number of hydrogen-bond donors (Lipinski definition) is 1. The summed E-state index contributed by atoms with van der Waals surface area (Å²) in [5.41, 5.74) is 1.47. The number of nitrogens with one attached hydrogen (secondary N) is 1. The van der Waals surface area contributed by atoms with E-state index in [1.165, 1.54) is 5.56 Å². The third-order valence-electron chi connectivity index (χ3n) is 3.14. The fourth-order valence-corrected chi connectivity index (χ4v) is 1.83. The molecule has 1 N–H and O–H groups in total. The molecule has 2 heteroatoms. The van der Waals surface area contributed by atoms with E-state index in [1.807, 2.05) is 6.07 Å². The predicted octanol–water partition coefficient (Wildman–Crippen LogP) is 4.36. The quantitative estimate of drug-likeness (QED) is 0.823. The van der Waals surface area contributed by atoms with Gasteiger partial charge in [-0.25, -0.2) is 0 Å². The topological polar surface area (TPSA) is 21.3 Å². The maximum Gasteiger partial charge on any atom is 0.120 e. The van der Waals surface area contributed by atoms with Crippen molar-refractivity contribution in [2.75, 3.05) is 6.54 Å². The van der Waals surface area contributed by atoms with Crippen molar-refractivity contribution < 1.29 is 4.74 Å². The van der Waals surface area contributed by atoms with Gasteiger partial charge >= 0.3 is 0 Å². The number of hydrogen-bond acceptors (Lipinski definition) is 2. The Morgan fingerprint density at radius 2 is 1.89 bits per heavy atom. The van der Waals surface area contributed by atoms with Crippen LogP contribution in [0.15, 0.2) is 24.3 Å². The van der Waals surface area contributed by atoms with E-state index in [-0.39, 0.29) is 11.6 Å². The Morgan fingerprint density at radius 3 is 2.42 bits per heavy atom. The van der Waals surface area contributed by atoms with Crippen LogP contribution in [0.2, 0.25) is 0 Å². The van der Waals surface area contributed by atoms with Gasteiger partial charge in [0, 0.05) is 12.1 Å². The average Bonchev–Trinajstić information content (AvgIpc) is 2.33. The monoisotopic (exact) mass is 263 g/mol. The highest BCUT2D eigenvalue weighted by atomic mass is 16.5. The Hall–Kier alpha value is -1.02. The van der Waals surface area contributed by atoms with E-state index in [4.69, 9.17) is 4.74 Å². The van der Waals surface area contributed by atoms with Crippen molar-refractivity contribution in [1.82, 2.24) is 5.32 Å². The summed E-state index contributed by atoms with van der Waals surface area (Å²) in [4.78, 5) is 0. The van der Waals surface area contributed by atoms with Crippen LogP contribution in [0.1, 0.15) is 59.4 Å². The summed E-state index contributed by atoms with van der Waals surface area (Å²) < 4.78 is 6.09. The molecular weight excluding hydrogens is 234 g/mol. The molecule has 1 unspecified atom stereocenters. The fraction of sp³-hybridized carbons (Fsp3) is 0.647. The highest BCUT2D eigenvalue weighted by molar-refractivity contribution is 5.30. The van der Waals surface area contributed by atoms with Crippen LogP contribution in [0, 0.1) is 0 Å². The fourth-order valence-electron chi connectivity index (χ4n) is 1.83. The van der Waals surface area contributed by atoms with E-state index >= 15 is 0 Å². The van der Waals surface area contributed by atoms with Crippen LogP contribution in [0.5, 0.6) is 5.75 Å². The normalized spacial score (nSPS) is 13.6. The molecule has 1 aromatic rings. The Morgan fingerprint density at radius 1 is 1.21 bits per heavy atom. The summed E-state index contributed by atoms with van der Waals surface area (Å²) in [7, 11) is 0. The first-order valence-electron chi connectivity index (χ1n) is 7.33. The van der Waals surface area contributed by atoms with E-state index < -0.39 is 0 Å². The minimum Gasteiger partial charge on any atom is -0.489 e. The van der Waals surface area contributed by atoms with Gasteiger partial charge < -0.3 is 10.1 Å². The zero-order valence-corrected chi connectivity index (χ0v) is 13.3. The predicted molar refractivity (Wildman–Crippen MR) is 83.0 cm³/mol. The average molecular weight is 263 g/mol. The van der Waals surface area contributed by atoms with Gasteiger partial charge in [-0.3, -0.25) is 0 Å². The highest BCUT2D eigenvalue weighted by Crippen LogP contribution is 2.21. The van der Waals surface area contributed by atoms with E-state index in [2.05, 4.69) is 65.1 Å². The molecule has 0 spiro atoms. The molecule has 0 heterocycles. The molecular formula is C17H29NO. The van der Waals surface area contributed by atoms with Gasteiger partial charge in [0.1, 0.15) is 11.9 Å². The summed E-state index contributed by atoms with van der Waals surface area (Å²) in [6, 6.07) is 8.44. The van der Waals surface area contributed by atoms with Crippen molar-refractivity contribution in [2.45, 2.75) is 65.5 Å². The zero-order valence-electron chi connectivity index (χ0n) is 13.3. The molecule has 1 rings (SSSR count). The highest BCUT2D eigenvalue weighted by Gasteiger charge is 2.14. The van der Waals surface area contributed by atoms with E-state index in [9.17, 15) is 0 Å². The zero-order chi connectivity index (χ0) is 14.5. The number of ether oxygens (including phenoxy) is 1. The first kappa shape index (κ1) is 16.0. The van der Waals surface area contributed by atoms with E-state index in [1.54, 1.807) is 0 Å². The van der Waals surface area contributed by atoms with Crippen LogP contribution in [0.25, 0.3) is 0 Å². The molecule has 0 radical (unpaired) electrons. The van der Waals surface area contributed by atoms with Crippen molar-refractivity contribution in [3.8, 4) is 5.75 Å². The molecule has 0 saturated heterocycles. The minimum absolute atomic E-state index is 0.135. The molecule has 0 aliphatic rings. The largest absolute Gasteiger partial charge is 0.489 e. The Kier molecular flexibility index (Phi) is 5.86. The lowest BCUT2D eigenvalue weighted by atomic mass is 10.0. The molecule has 1 aromatic carbocycles. The van der Waals surface area contributed by atoms with Crippen LogP contribution < -0.4 is 10.1 Å². The van der Waals surface area contributed by atoms with Crippen molar-refractivity contribution >= 4 is 0 Å². The van der Waals surface area contributed by atoms with Crippen molar-refractivity contribution in [2.24, 2.45) is 0 Å². The maximum absolute atomic E-state index is 6.09.